The normalized spacial score (nSPS) is 14.0. The maximum absolute atomic E-state index is 13.1. The number of hydrogen-bond donors (Lipinski definition) is 0. The van der Waals surface area contributed by atoms with E-state index in [2.05, 4.69) is 74.3 Å². The lowest BCUT2D eigenvalue weighted by Crippen LogP contribution is -2.23. The first-order chi connectivity index (χ1) is 34.3. The molecule has 1 unspecified atom stereocenters. The van der Waals surface area contributed by atoms with Crippen molar-refractivity contribution in [3.05, 3.63) is 67.8 Å². The van der Waals surface area contributed by atoms with E-state index < -0.39 is 37.0 Å². The van der Waals surface area contributed by atoms with Gasteiger partial charge in [-0.2, -0.15) is 10.5 Å². The van der Waals surface area contributed by atoms with Gasteiger partial charge in [0, 0.05) is 43.7 Å². The lowest BCUT2D eigenvalue weighted by Gasteiger charge is -2.22. The topological polar surface area (TPSA) is 208 Å². The number of alkyl halides is 1. The number of cyclic esters (lactones) is 2. The Bertz CT molecular complexity index is 2430. The number of halogens is 1. The standard InChI is InChI=1S/C26H40NO7PSi.C20H29BrO4Si.C6H12NO3P/c1-9-33-35(29,34-10-2)20(16-27)15-18(3)11-12-21-24(30-5)19(4)22-17-32-26(28)23(22)25(21)31-13-14-36(6,7)8;1-13(11-21)7-8-15-18(23-3)14(2)16-12-25-20(22)17(16)19(15)24-9-10-26(4,5)6;1-3-9-11(8,6-5-7)10-4-2/h11,20H,9-10,12-15,17H2,1-8H3;7H,8-12H2,1-6H3;3-4,6H2,1-2H3/b18-11+;13-7+;. The van der Waals surface area contributed by atoms with Crippen LogP contribution in [-0.2, 0) is 62.8 Å². The molecule has 0 fully saturated rings. The van der Waals surface area contributed by atoms with E-state index in [1.165, 1.54) is 5.57 Å². The smallest absolute Gasteiger partial charge is 0.348 e. The second-order valence-corrected chi connectivity index (χ2v) is 35.8. The molecule has 21 heteroatoms. The Balaban J connectivity index is 0.000000428. The summed E-state index contributed by atoms with van der Waals surface area (Å²) < 4.78 is 79.5. The van der Waals surface area contributed by atoms with Gasteiger partial charge < -0.3 is 46.5 Å². The van der Waals surface area contributed by atoms with Crippen molar-refractivity contribution in [3.8, 4) is 35.1 Å². The average molecular weight is 1160 g/mol. The summed E-state index contributed by atoms with van der Waals surface area (Å²) in [6.07, 6.45) is 5.21. The molecule has 73 heavy (non-hydrogen) atoms. The fourth-order valence-corrected chi connectivity index (χ4v) is 12.3. The lowest BCUT2D eigenvalue weighted by atomic mass is 9.94. The number of fused-ring (bicyclic) bond motifs is 2. The first-order valence-electron chi connectivity index (χ1n) is 24.7. The number of carbonyl (C=O) groups excluding carboxylic acids is 2. The molecule has 0 N–H and O–H groups in total. The molecule has 4 rings (SSSR count). The highest BCUT2D eigenvalue weighted by molar-refractivity contribution is 9.09. The summed E-state index contributed by atoms with van der Waals surface area (Å²) >= 11 is 3.48. The summed E-state index contributed by atoms with van der Waals surface area (Å²) in [5, 5.41) is 18.8. The molecule has 16 nitrogen and oxygen atoms in total. The molecule has 2 heterocycles. The van der Waals surface area contributed by atoms with Gasteiger partial charge in [0.15, 0.2) is 5.66 Å². The molecule has 0 aromatic heterocycles. The zero-order valence-electron chi connectivity index (χ0n) is 46.2. The first kappa shape index (κ1) is 65.4. The van der Waals surface area contributed by atoms with E-state index in [-0.39, 0.29) is 50.9 Å². The maximum atomic E-state index is 13.1. The van der Waals surface area contributed by atoms with Crippen molar-refractivity contribution < 1.29 is 65.2 Å². The minimum absolute atomic E-state index is 0.172. The monoisotopic (exact) mass is 1150 g/mol. The number of esters is 2. The van der Waals surface area contributed by atoms with E-state index in [1.807, 2.05) is 26.8 Å². The van der Waals surface area contributed by atoms with Crippen LogP contribution in [0, 0.1) is 36.5 Å². The Kier molecular flexibility index (Phi) is 27.5. The molecule has 0 radical (unpaired) electrons. The van der Waals surface area contributed by atoms with Crippen LogP contribution in [0.25, 0.3) is 0 Å². The molecule has 2 aromatic carbocycles. The molecule has 0 saturated carbocycles. The van der Waals surface area contributed by atoms with Gasteiger partial charge in [0.1, 0.15) is 53.5 Å². The lowest BCUT2D eigenvalue weighted by molar-refractivity contribution is 0.0522. The van der Waals surface area contributed by atoms with Crippen LogP contribution in [0.4, 0.5) is 0 Å². The minimum atomic E-state index is -3.57. The molecule has 0 aliphatic carbocycles. The fraction of sp³-hybridized carbons (Fsp3) is 0.615. The van der Waals surface area contributed by atoms with Crippen LogP contribution < -0.4 is 18.9 Å². The van der Waals surface area contributed by atoms with E-state index in [9.17, 15) is 24.0 Å². The zero-order chi connectivity index (χ0) is 55.3. The van der Waals surface area contributed by atoms with E-state index in [0.29, 0.717) is 67.6 Å². The van der Waals surface area contributed by atoms with Gasteiger partial charge in [-0.15, -0.1) is 0 Å². The van der Waals surface area contributed by atoms with E-state index >= 15 is 0 Å². The third kappa shape index (κ3) is 19.4. The van der Waals surface area contributed by atoms with Gasteiger partial charge in [-0.25, -0.2) is 9.59 Å². The van der Waals surface area contributed by atoms with Gasteiger partial charge in [0.05, 0.1) is 66.0 Å². The molecule has 0 amide bonds. The van der Waals surface area contributed by atoms with Crippen LogP contribution in [0.3, 0.4) is 0 Å². The van der Waals surface area contributed by atoms with E-state index in [0.717, 1.165) is 62.1 Å². The van der Waals surface area contributed by atoms with Crippen LogP contribution in [-0.4, -0.2) is 99.1 Å². The zero-order valence-corrected chi connectivity index (χ0v) is 51.6. The van der Waals surface area contributed by atoms with Gasteiger partial charge in [-0.3, -0.25) is 9.13 Å². The number of methoxy groups -OCH3 is 2. The van der Waals surface area contributed by atoms with Crippen LogP contribution in [0.15, 0.2) is 23.3 Å². The van der Waals surface area contributed by atoms with Gasteiger partial charge in [-0.1, -0.05) is 78.5 Å². The van der Waals surface area contributed by atoms with Crippen LogP contribution >= 0.6 is 31.1 Å². The van der Waals surface area contributed by atoms with Gasteiger partial charge in [0.2, 0.25) is 0 Å². The Hall–Kier alpha value is -3.75. The Morgan fingerprint density at radius 2 is 1.08 bits per heavy atom. The molecule has 2 aromatic rings. The summed E-state index contributed by atoms with van der Waals surface area (Å²) in [4.78, 5) is 25.0. The van der Waals surface area contributed by atoms with Crippen molar-refractivity contribution in [1.29, 1.82) is 10.5 Å². The molecule has 2 aliphatic heterocycles. The highest BCUT2D eigenvalue weighted by Crippen LogP contribution is 2.55. The molecule has 0 bridgehead atoms. The minimum Gasteiger partial charge on any atom is -0.496 e. The third-order valence-electron chi connectivity index (χ3n) is 11.5. The van der Waals surface area contributed by atoms with Crippen molar-refractivity contribution in [2.75, 3.05) is 65.4 Å². The summed E-state index contributed by atoms with van der Waals surface area (Å²) in [6.45, 7) is 31.0. The molecule has 0 spiro atoms. The largest absolute Gasteiger partial charge is 0.496 e. The fourth-order valence-electron chi connectivity index (χ4n) is 7.67. The van der Waals surface area contributed by atoms with Crippen molar-refractivity contribution in [2.45, 2.75) is 145 Å². The summed E-state index contributed by atoms with van der Waals surface area (Å²) in [7, 11) is -5.98. The maximum Gasteiger partial charge on any atom is 0.348 e. The number of carbonyl (C=O) groups is 2. The predicted octanol–water partition coefficient (Wildman–Crippen LogP) is 13.5. The number of benzene rings is 2. The number of ether oxygens (including phenoxy) is 6. The van der Waals surface area contributed by atoms with Crippen molar-refractivity contribution in [1.82, 2.24) is 0 Å². The van der Waals surface area contributed by atoms with Crippen molar-refractivity contribution in [3.63, 3.8) is 0 Å². The van der Waals surface area contributed by atoms with E-state index in [1.54, 1.807) is 48.0 Å². The SMILES string of the molecule is CCOP(=O)(CC#N)OCC.CCOP(=O)(OCC)C(C#N)C/C(C)=C/Cc1c(OC)c(C)c2c(c1OCC[Si](C)(C)C)C(=O)OC2.COc1c(C)c2c(c(OCC[Si](C)(C)C)c1C/C=C(\C)CBr)C(=O)OC2. The second kappa shape index (κ2) is 30.7. The number of hydrogen-bond acceptors (Lipinski definition) is 16. The summed E-state index contributed by atoms with van der Waals surface area (Å²) in [5.74, 6) is 1.91. The van der Waals surface area contributed by atoms with Crippen molar-refractivity contribution >= 4 is 59.2 Å². The van der Waals surface area contributed by atoms with Crippen LogP contribution in [0.5, 0.6) is 23.0 Å². The second-order valence-electron chi connectivity index (χ2n) is 19.7. The quantitative estimate of drug-likeness (QED) is 0.0268. The van der Waals surface area contributed by atoms with Gasteiger partial charge >= 0.3 is 27.1 Å². The Labute approximate surface area is 446 Å². The highest BCUT2D eigenvalue weighted by atomic mass is 79.9. The van der Waals surface area contributed by atoms with Gasteiger partial charge in [0.25, 0.3) is 0 Å². The first-order valence-corrected chi connectivity index (χ1v) is 36.6. The third-order valence-corrected chi connectivity index (χ3v) is 20.0. The number of allylic oxidation sites excluding steroid dienone is 4. The van der Waals surface area contributed by atoms with E-state index in [4.69, 9.17) is 51.8 Å². The number of nitrogens with zero attached hydrogens (tertiary/aromatic N) is 2. The molecule has 1 atom stereocenters. The van der Waals surface area contributed by atoms with Crippen LogP contribution in [0.1, 0.15) is 102 Å². The van der Waals surface area contributed by atoms with Crippen molar-refractivity contribution in [2.24, 2.45) is 0 Å². The number of rotatable bonds is 27. The average Bonchev–Trinajstić information content (AvgIpc) is 3.90. The molecule has 408 valence electrons. The molecule has 0 saturated heterocycles. The van der Waals surface area contributed by atoms with Gasteiger partial charge in [-0.05, 0) is 97.9 Å². The highest BCUT2D eigenvalue weighted by Gasteiger charge is 2.37. The molecular weight excluding hydrogens is 1070 g/mol. The molecular formula is C52H81BrN2O14P2Si2. The summed E-state index contributed by atoms with van der Waals surface area (Å²) in [6, 6.07) is 5.84. The summed E-state index contributed by atoms with van der Waals surface area (Å²) in [5.41, 5.74) is 7.39. The number of nitriles is 2. The molecule has 2 aliphatic rings. The Morgan fingerprint density at radius 3 is 1.41 bits per heavy atom. The van der Waals surface area contributed by atoms with Crippen LogP contribution in [0.2, 0.25) is 51.4 Å². The Morgan fingerprint density at radius 1 is 0.685 bits per heavy atom. The predicted molar refractivity (Wildman–Crippen MR) is 296 cm³/mol.